The maximum Gasteiger partial charge on any atom is 0.319 e. The monoisotopic (exact) mass is 1070 g/mol. The Morgan fingerprint density at radius 3 is 2.36 bits per heavy atom. The number of hydrogen-bond acceptors (Lipinski definition) is 13. The zero-order valence-corrected chi connectivity index (χ0v) is 45.6. The van der Waals surface area contributed by atoms with Crippen molar-refractivity contribution in [3.05, 3.63) is 119 Å². The van der Waals surface area contributed by atoms with E-state index in [-0.39, 0.29) is 64.1 Å². The number of phenols is 1. The summed E-state index contributed by atoms with van der Waals surface area (Å²) in [6.45, 7) is 23.1. The lowest BCUT2D eigenvalue weighted by Crippen LogP contribution is -2.58. The number of phenolic OH excluding ortho intramolecular Hbond substituents is 1. The van der Waals surface area contributed by atoms with Gasteiger partial charge >= 0.3 is 6.01 Å². The number of aromatic nitrogens is 3. The highest BCUT2D eigenvalue weighted by molar-refractivity contribution is 7.13. The number of anilines is 1. The highest BCUT2D eigenvalue weighted by Crippen LogP contribution is 2.43. The van der Waals surface area contributed by atoms with Crippen molar-refractivity contribution in [3.8, 4) is 33.3 Å². The molecular weight excluding hydrogens is 1010 g/mol. The van der Waals surface area contributed by atoms with Crippen LogP contribution in [0.5, 0.6) is 11.8 Å². The van der Waals surface area contributed by atoms with E-state index in [1.165, 1.54) is 12.1 Å². The van der Waals surface area contributed by atoms with E-state index in [0.29, 0.717) is 98.3 Å². The molecule has 3 saturated heterocycles. The molecule has 6 aromatic rings. The van der Waals surface area contributed by atoms with Gasteiger partial charge in [-0.15, -0.1) is 11.3 Å². The van der Waals surface area contributed by atoms with E-state index < -0.39 is 35.5 Å². The summed E-state index contributed by atoms with van der Waals surface area (Å²) >= 11 is 8.56. The zero-order chi connectivity index (χ0) is 54.2. The fraction of sp³-hybridized carbons (Fsp3) is 0.414. The first kappa shape index (κ1) is 54.1. The number of aliphatic hydroxyl groups excluding tert-OH is 1. The fourth-order valence-electron chi connectivity index (χ4n) is 10.9. The number of ether oxygens (including phenoxy) is 1. The van der Waals surface area contributed by atoms with Gasteiger partial charge in [0.1, 0.15) is 29.2 Å². The highest BCUT2D eigenvalue weighted by Gasteiger charge is 2.44. The Balaban J connectivity index is 0.855. The van der Waals surface area contributed by atoms with Crippen molar-refractivity contribution in [2.45, 2.75) is 91.1 Å². The third-order valence-electron chi connectivity index (χ3n) is 15.0. The minimum atomic E-state index is -0.853. The SMILES string of the molecule is C=CC(=O)N1CCN(c2nc(O[C@H](C)CN3CCC(C(=O)N[C@H](C(=O)N4C[C@H](O)C[C@H]4C(=C)N[C@@H](C)c4ccc(-c5scnc5C)cc4)C(C)(C)C)CC3)nc3c(F)c(-c4cc(O)cc5ccccc45)c(Cl)cc23)CC1. The number of aromatic hydroxyl groups is 1. The first-order valence-corrected chi connectivity index (χ1v) is 27.3. The Morgan fingerprint density at radius 1 is 0.974 bits per heavy atom. The number of piperazine rings is 1. The average molecular weight is 1070 g/mol. The molecule has 400 valence electrons. The van der Waals surface area contributed by atoms with Crippen LogP contribution in [0.3, 0.4) is 0 Å². The molecule has 0 saturated carbocycles. The summed E-state index contributed by atoms with van der Waals surface area (Å²) in [6.07, 6.45) is 1.51. The van der Waals surface area contributed by atoms with Gasteiger partial charge in [0.2, 0.25) is 17.7 Å². The molecule has 4 aromatic carbocycles. The molecular formula is C58H67ClFN9O6S. The number of rotatable bonds is 15. The Bertz CT molecular complexity index is 3170. The molecule has 0 bridgehead atoms. The molecule has 0 radical (unpaired) electrons. The summed E-state index contributed by atoms with van der Waals surface area (Å²) in [6, 6.07) is 18.9. The number of benzene rings is 4. The number of halogens is 2. The molecule has 3 amide bonds. The minimum Gasteiger partial charge on any atom is -0.508 e. The van der Waals surface area contributed by atoms with Gasteiger partial charge in [0.05, 0.1) is 33.3 Å². The number of nitrogens with one attached hydrogen (secondary N) is 2. The second-order valence-electron chi connectivity index (χ2n) is 21.5. The Labute approximate surface area is 452 Å². The van der Waals surface area contributed by atoms with Gasteiger partial charge in [-0.1, -0.05) is 94.1 Å². The van der Waals surface area contributed by atoms with E-state index in [1.807, 2.05) is 76.2 Å². The molecule has 18 heteroatoms. The van der Waals surface area contributed by atoms with E-state index in [0.717, 1.165) is 21.7 Å². The topological polar surface area (TPSA) is 177 Å². The van der Waals surface area contributed by atoms with Gasteiger partial charge in [0.25, 0.3) is 0 Å². The normalized spacial score (nSPS) is 18.9. The summed E-state index contributed by atoms with van der Waals surface area (Å²) in [4.78, 5) is 63.7. The van der Waals surface area contributed by atoms with Crippen LogP contribution in [0.4, 0.5) is 10.2 Å². The Kier molecular flexibility index (Phi) is 16.0. The maximum absolute atomic E-state index is 17.2. The van der Waals surface area contributed by atoms with Crippen molar-refractivity contribution in [2.75, 3.05) is 57.3 Å². The molecule has 0 aliphatic carbocycles. The number of amides is 3. The number of aryl methyl sites for hydroxylation is 1. The second-order valence-corrected chi connectivity index (χ2v) is 22.8. The lowest BCUT2D eigenvalue weighted by Gasteiger charge is -2.38. The second kappa shape index (κ2) is 22.5. The van der Waals surface area contributed by atoms with Crippen molar-refractivity contribution in [2.24, 2.45) is 11.3 Å². The number of carbonyl (C=O) groups excluding carboxylic acids is 3. The van der Waals surface area contributed by atoms with Gasteiger partial charge < -0.3 is 40.3 Å². The molecule has 0 unspecified atom stereocenters. The van der Waals surface area contributed by atoms with E-state index >= 15 is 4.39 Å². The number of nitrogens with zero attached hydrogens (tertiary/aromatic N) is 7. The molecule has 5 atom stereocenters. The smallest absolute Gasteiger partial charge is 0.319 e. The van der Waals surface area contributed by atoms with Gasteiger partial charge in [0.15, 0.2) is 5.82 Å². The van der Waals surface area contributed by atoms with Crippen LogP contribution in [0.25, 0.3) is 43.2 Å². The van der Waals surface area contributed by atoms with Gasteiger partial charge in [-0.2, -0.15) is 9.97 Å². The largest absolute Gasteiger partial charge is 0.508 e. The summed E-state index contributed by atoms with van der Waals surface area (Å²) in [5.74, 6) is -1.28. The van der Waals surface area contributed by atoms with Crippen LogP contribution in [0.1, 0.15) is 71.2 Å². The number of β-amino-alcohol motifs (C(OH)–C–C–N with tert-alkyl or cyclic N) is 1. The number of thiazole rings is 1. The van der Waals surface area contributed by atoms with Gasteiger partial charge in [-0.3, -0.25) is 19.3 Å². The molecule has 3 aliphatic rings. The summed E-state index contributed by atoms with van der Waals surface area (Å²) in [5, 5.41) is 30.2. The molecule has 0 spiro atoms. The number of likely N-dealkylation sites (tertiary alicyclic amines) is 2. The van der Waals surface area contributed by atoms with Crippen LogP contribution in [0, 0.1) is 24.1 Å². The summed E-state index contributed by atoms with van der Waals surface area (Å²) in [5.41, 5.74) is 5.46. The van der Waals surface area contributed by atoms with Gasteiger partial charge in [-0.05, 0) is 104 Å². The van der Waals surface area contributed by atoms with E-state index in [4.69, 9.17) is 21.3 Å². The summed E-state index contributed by atoms with van der Waals surface area (Å²) in [7, 11) is 0. The first-order chi connectivity index (χ1) is 36.3. The van der Waals surface area contributed by atoms with Crippen molar-refractivity contribution in [1.29, 1.82) is 0 Å². The molecule has 9 rings (SSSR count). The molecule has 2 aromatic heterocycles. The average Bonchev–Trinajstić information content (AvgIpc) is 4.04. The van der Waals surface area contributed by atoms with Gasteiger partial charge in [-0.25, -0.2) is 9.37 Å². The number of piperidine rings is 1. The van der Waals surface area contributed by atoms with Crippen molar-refractivity contribution < 1.29 is 33.7 Å². The number of fused-ring (bicyclic) bond motifs is 2. The molecule has 5 heterocycles. The predicted octanol–water partition coefficient (Wildman–Crippen LogP) is 9.05. The Morgan fingerprint density at radius 2 is 1.68 bits per heavy atom. The first-order valence-electron chi connectivity index (χ1n) is 26.0. The molecule has 3 aliphatic heterocycles. The lowest BCUT2D eigenvalue weighted by atomic mass is 9.84. The van der Waals surface area contributed by atoms with Crippen LogP contribution in [0.15, 0.2) is 97.2 Å². The van der Waals surface area contributed by atoms with E-state index in [9.17, 15) is 24.6 Å². The maximum atomic E-state index is 17.2. The third kappa shape index (κ3) is 11.5. The quantitative estimate of drug-likeness (QED) is 0.0719. The van der Waals surface area contributed by atoms with Crippen LogP contribution < -0.4 is 20.3 Å². The minimum absolute atomic E-state index is 0.00428. The molecule has 4 N–H and O–H groups in total. The number of aliphatic hydroxyl groups is 1. The van der Waals surface area contributed by atoms with Gasteiger partial charge in [0, 0.05) is 74.3 Å². The predicted molar refractivity (Wildman–Crippen MR) is 298 cm³/mol. The number of hydrogen-bond donors (Lipinski definition) is 4. The van der Waals surface area contributed by atoms with E-state index in [2.05, 4.69) is 62.9 Å². The molecule has 15 nitrogen and oxygen atoms in total. The van der Waals surface area contributed by atoms with Crippen molar-refractivity contribution >= 4 is 68.2 Å². The molecule has 76 heavy (non-hydrogen) atoms. The standard InChI is InChI=1S/C58H67ClFN9O6S/c1-9-48(72)67-22-24-68(25-23-67)54-45-29-46(59)49(44-27-41(70)26-40-12-10-11-13-43(40)44)50(60)51(45)63-57(65-54)75-33(2)30-66-20-18-39(19-21-66)55(73)64-53(58(6,7)8)56(74)69-31-42(71)28-47(69)35(4)62-34(3)37-14-16-38(17-15-37)52-36(5)61-32-76-52/h9-17,26-27,29,32-34,39,42,47,53,62,70-71H,1,4,18-25,28,30-31H2,2-3,5-8H3,(H,64,73)/t33-,34+,42-,47+,53-/m1/s1. The van der Waals surface area contributed by atoms with Crippen molar-refractivity contribution in [1.82, 2.24) is 40.3 Å². The molecule has 3 fully saturated rings. The lowest BCUT2D eigenvalue weighted by molar-refractivity contribution is -0.141. The zero-order valence-electron chi connectivity index (χ0n) is 44.0. The van der Waals surface area contributed by atoms with Crippen LogP contribution >= 0.6 is 22.9 Å². The summed E-state index contributed by atoms with van der Waals surface area (Å²) < 4.78 is 23.7. The van der Waals surface area contributed by atoms with Crippen molar-refractivity contribution in [3.63, 3.8) is 0 Å². The Hall–Kier alpha value is -6.66. The van der Waals surface area contributed by atoms with Crippen LogP contribution in [-0.2, 0) is 14.4 Å². The van der Waals surface area contributed by atoms with E-state index in [1.54, 1.807) is 33.3 Å². The van der Waals surface area contributed by atoms with Crippen LogP contribution in [-0.4, -0.2) is 134 Å². The highest BCUT2D eigenvalue weighted by atomic mass is 35.5. The number of carbonyl (C=O) groups is 3. The third-order valence-corrected chi connectivity index (χ3v) is 16.3. The van der Waals surface area contributed by atoms with Crippen LogP contribution in [0.2, 0.25) is 5.02 Å². The fourth-order valence-corrected chi connectivity index (χ4v) is 12.0.